The van der Waals surface area contributed by atoms with Crippen LogP contribution in [0.15, 0.2) is 70.6 Å². The molecule has 26 heavy (non-hydrogen) atoms. The molecule has 4 nitrogen and oxygen atoms in total. The van der Waals surface area contributed by atoms with Gasteiger partial charge in [0.25, 0.3) is 0 Å². The maximum absolute atomic E-state index is 13.8. The molecule has 0 fully saturated rings. The van der Waals surface area contributed by atoms with Crippen molar-refractivity contribution in [1.29, 1.82) is 0 Å². The Balaban J connectivity index is 1.77. The van der Waals surface area contributed by atoms with Crippen LogP contribution in [0, 0.1) is 11.6 Å². The van der Waals surface area contributed by atoms with Crippen LogP contribution in [0.1, 0.15) is 11.3 Å². The number of benzene rings is 2. The lowest BCUT2D eigenvalue weighted by atomic mass is 10.1. The lowest BCUT2D eigenvalue weighted by Crippen LogP contribution is -2.06. The third kappa shape index (κ3) is 3.72. The van der Waals surface area contributed by atoms with Crippen LogP contribution in [0.4, 0.5) is 8.78 Å². The minimum Gasteiger partial charge on any atom is -0.508 e. The Labute approximate surface area is 149 Å². The van der Waals surface area contributed by atoms with Gasteiger partial charge >= 0.3 is 0 Å². The number of aromatic nitrogens is 1. The maximum atomic E-state index is 13.8. The van der Waals surface area contributed by atoms with E-state index in [-0.39, 0.29) is 10.6 Å². The monoisotopic (exact) mass is 375 g/mol. The Bertz CT molecular complexity index is 1030. The van der Waals surface area contributed by atoms with Crippen LogP contribution in [0.25, 0.3) is 0 Å². The standard InChI is InChI=1S/C19H15F2NO3S/c20-14-7-5-13(18(23)11-14)6-8-15-9-10-16(12-22-15)26(24,25)19-4-2-1-3-17(19)21/h1-5,7,9-12,23H,6,8H2. The first kappa shape index (κ1) is 18.0. The van der Waals surface area contributed by atoms with E-state index in [0.717, 1.165) is 12.1 Å². The molecule has 3 rings (SSSR count). The SMILES string of the molecule is O=S(=O)(c1ccc(CCc2ccc(F)cc2O)nc1)c1ccccc1F. The van der Waals surface area contributed by atoms with Crippen molar-refractivity contribution in [2.75, 3.05) is 0 Å². The molecule has 0 bridgehead atoms. The number of phenolic OH excluding ortho intramolecular Hbond substituents is 1. The summed E-state index contributed by atoms with van der Waals surface area (Å²) in [7, 11) is -3.98. The fourth-order valence-corrected chi connectivity index (χ4v) is 3.79. The predicted molar refractivity (Wildman–Crippen MR) is 91.6 cm³/mol. The van der Waals surface area contributed by atoms with E-state index in [2.05, 4.69) is 4.98 Å². The zero-order valence-electron chi connectivity index (χ0n) is 13.6. The predicted octanol–water partition coefficient (Wildman–Crippen LogP) is 3.68. The number of rotatable bonds is 5. The van der Waals surface area contributed by atoms with Crippen molar-refractivity contribution >= 4 is 9.84 Å². The molecule has 0 unspecified atom stereocenters. The molecular weight excluding hydrogens is 360 g/mol. The second kappa shape index (κ2) is 7.21. The van der Waals surface area contributed by atoms with Gasteiger partial charge in [-0.1, -0.05) is 18.2 Å². The van der Waals surface area contributed by atoms with Crippen LogP contribution >= 0.6 is 0 Å². The molecule has 0 spiro atoms. The Morgan fingerprint density at radius 3 is 2.38 bits per heavy atom. The van der Waals surface area contributed by atoms with Gasteiger partial charge in [-0.25, -0.2) is 17.2 Å². The molecule has 0 aliphatic heterocycles. The van der Waals surface area contributed by atoms with Crippen LogP contribution in [-0.2, 0) is 22.7 Å². The topological polar surface area (TPSA) is 67.3 Å². The van der Waals surface area contributed by atoms with E-state index in [1.165, 1.54) is 48.7 Å². The molecular formula is C19H15F2NO3S. The number of sulfone groups is 1. The molecule has 1 aromatic heterocycles. The van der Waals surface area contributed by atoms with Crippen LogP contribution in [0.2, 0.25) is 0 Å². The molecule has 0 aliphatic rings. The summed E-state index contributed by atoms with van der Waals surface area (Å²) >= 11 is 0. The third-order valence-electron chi connectivity index (χ3n) is 3.93. The zero-order chi connectivity index (χ0) is 18.7. The van der Waals surface area contributed by atoms with Gasteiger partial charge in [0.05, 0.1) is 4.90 Å². The number of hydrogen-bond acceptors (Lipinski definition) is 4. The largest absolute Gasteiger partial charge is 0.508 e. The van der Waals surface area contributed by atoms with Gasteiger partial charge in [0.2, 0.25) is 9.84 Å². The summed E-state index contributed by atoms with van der Waals surface area (Å²) in [5.41, 5.74) is 1.16. The van der Waals surface area contributed by atoms with Crippen LogP contribution in [0.3, 0.4) is 0 Å². The number of halogens is 2. The average molecular weight is 375 g/mol. The van der Waals surface area contributed by atoms with Gasteiger partial charge in [-0.15, -0.1) is 0 Å². The van der Waals surface area contributed by atoms with Gasteiger partial charge in [-0.05, 0) is 48.7 Å². The molecule has 0 amide bonds. The summed E-state index contributed by atoms with van der Waals surface area (Å²) in [6.07, 6.45) is 2.03. The normalized spacial score (nSPS) is 11.5. The number of aromatic hydroxyl groups is 1. The second-order valence-electron chi connectivity index (χ2n) is 5.69. The third-order valence-corrected chi connectivity index (χ3v) is 5.70. The molecule has 2 aromatic carbocycles. The fourth-order valence-electron chi connectivity index (χ4n) is 2.52. The average Bonchev–Trinajstić information content (AvgIpc) is 2.61. The van der Waals surface area contributed by atoms with Gasteiger partial charge in [0.1, 0.15) is 22.3 Å². The van der Waals surface area contributed by atoms with E-state index in [9.17, 15) is 22.3 Å². The molecule has 134 valence electrons. The van der Waals surface area contributed by atoms with Crippen molar-refractivity contribution in [2.24, 2.45) is 0 Å². The summed E-state index contributed by atoms with van der Waals surface area (Å²) in [6, 6.07) is 11.8. The van der Waals surface area contributed by atoms with Gasteiger partial charge in [-0.3, -0.25) is 4.98 Å². The van der Waals surface area contributed by atoms with E-state index in [4.69, 9.17) is 0 Å². The summed E-state index contributed by atoms with van der Waals surface area (Å²) < 4.78 is 51.7. The minimum absolute atomic E-state index is 0.101. The number of aryl methyl sites for hydroxylation is 2. The van der Waals surface area contributed by atoms with Gasteiger partial charge in [-0.2, -0.15) is 0 Å². The summed E-state index contributed by atoms with van der Waals surface area (Å²) in [5.74, 6) is -1.47. The maximum Gasteiger partial charge on any atom is 0.211 e. The van der Waals surface area contributed by atoms with Crippen LogP contribution in [0.5, 0.6) is 5.75 Å². The first-order valence-corrected chi connectivity index (χ1v) is 9.28. The van der Waals surface area contributed by atoms with Gasteiger partial charge in [0.15, 0.2) is 0 Å². The fraction of sp³-hybridized carbons (Fsp3) is 0.105. The Morgan fingerprint density at radius 2 is 1.73 bits per heavy atom. The molecule has 1 N–H and O–H groups in total. The van der Waals surface area contributed by atoms with Crippen molar-refractivity contribution in [1.82, 2.24) is 4.98 Å². The highest BCUT2D eigenvalue weighted by molar-refractivity contribution is 7.91. The molecule has 3 aromatic rings. The van der Waals surface area contributed by atoms with Crippen molar-refractivity contribution in [3.8, 4) is 5.75 Å². The molecule has 0 saturated carbocycles. The van der Waals surface area contributed by atoms with E-state index in [1.54, 1.807) is 0 Å². The van der Waals surface area contributed by atoms with E-state index < -0.39 is 26.4 Å². The molecule has 0 atom stereocenters. The molecule has 0 radical (unpaired) electrons. The lowest BCUT2D eigenvalue weighted by molar-refractivity contribution is 0.461. The number of nitrogens with zero attached hydrogens (tertiary/aromatic N) is 1. The van der Waals surface area contributed by atoms with Crippen molar-refractivity contribution in [2.45, 2.75) is 22.6 Å². The number of hydrogen-bond donors (Lipinski definition) is 1. The highest BCUT2D eigenvalue weighted by Gasteiger charge is 2.21. The Hall–Kier alpha value is -2.80. The van der Waals surface area contributed by atoms with E-state index in [1.807, 2.05) is 0 Å². The van der Waals surface area contributed by atoms with E-state index in [0.29, 0.717) is 24.1 Å². The van der Waals surface area contributed by atoms with Gasteiger partial charge < -0.3 is 5.11 Å². The quantitative estimate of drug-likeness (QED) is 0.739. The Kier molecular flexibility index (Phi) is 4.99. The number of phenols is 1. The number of pyridine rings is 1. The van der Waals surface area contributed by atoms with E-state index >= 15 is 0 Å². The Morgan fingerprint density at radius 1 is 0.962 bits per heavy atom. The summed E-state index contributed by atoms with van der Waals surface area (Å²) in [6.45, 7) is 0. The first-order chi connectivity index (χ1) is 12.4. The van der Waals surface area contributed by atoms with Gasteiger partial charge in [0, 0.05) is 18.0 Å². The molecule has 0 aliphatic carbocycles. The van der Waals surface area contributed by atoms with Crippen LogP contribution in [-0.4, -0.2) is 18.5 Å². The molecule has 1 heterocycles. The molecule has 7 heteroatoms. The second-order valence-corrected chi connectivity index (χ2v) is 7.61. The summed E-state index contributed by atoms with van der Waals surface area (Å²) in [4.78, 5) is 3.61. The minimum atomic E-state index is -3.98. The molecule has 0 saturated heterocycles. The highest BCUT2D eigenvalue weighted by Crippen LogP contribution is 2.23. The summed E-state index contributed by atoms with van der Waals surface area (Å²) in [5, 5.41) is 9.70. The van der Waals surface area contributed by atoms with Crippen LogP contribution < -0.4 is 0 Å². The first-order valence-electron chi connectivity index (χ1n) is 7.80. The highest BCUT2D eigenvalue weighted by atomic mass is 32.2. The van der Waals surface area contributed by atoms with Crippen molar-refractivity contribution in [3.63, 3.8) is 0 Å². The van der Waals surface area contributed by atoms with Crippen molar-refractivity contribution in [3.05, 3.63) is 83.7 Å². The smallest absolute Gasteiger partial charge is 0.211 e. The lowest BCUT2D eigenvalue weighted by Gasteiger charge is -2.07. The zero-order valence-corrected chi connectivity index (χ0v) is 14.4. The van der Waals surface area contributed by atoms with Crippen molar-refractivity contribution < 1.29 is 22.3 Å².